The van der Waals surface area contributed by atoms with E-state index in [1.165, 1.54) is 5.56 Å². The smallest absolute Gasteiger partial charge is 0.245 e. The zero-order valence-electron chi connectivity index (χ0n) is 14.5. The number of fused-ring (bicyclic) bond motifs is 1. The number of anilines is 1. The predicted molar refractivity (Wildman–Crippen MR) is 102 cm³/mol. The van der Waals surface area contributed by atoms with Gasteiger partial charge in [-0.3, -0.25) is 4.79 Å². The quantitative estimate of drug-likeness (QED) is 0.893. The van der Waals surface area contributed by atoms with Crippen molar-refractivity contribution >= 4 is 33.6 Å². The highest BCUT2D eigenvalue weighted by Gasteiger charge is 2.41. The number of hydrogen-bond donors (Lipinski definition) is 1. The van der Waals surface area contributed by atoms with Gasteiger partial charge in [0, 0.05) is 36.5 Å². The van der Waals surface area contributed by atoms with E-state index in [0.29, 0.717) is 32.4 Å². The van der Waals surface area contributed by atoms with Crippen molar-refractivity contribution in [2.45, 2.75) is 51.3 Å². The molecule has 1 N–H and O–H groups in total. The number of thiophene rings is 1. The first-order chi connectivity index (χ1) is 12.0. The van der Waals surface area contributed by atoms with Crippen molar-refractivity contribution in [3.05, 3.63) is 22.5 Å². The third-order valence-corrected chi connectivity index (χ3v) is 6.86. The van der Waals surface area contributed by atoms with Gasteiger partial charge in [-0.1, -0.05) is 11.3 Å². The minimum absolute atomic E-state index is 0.152. The van der Waals surface area contributed by atoms with Crippen molar-refractivity contribution in [1.29, 1.82) is 0 Å². The molecule has 0 saturated carbocycles. The van der Waals surface area contributed by atoms with Gasteiger partial charge in [0.05, 0.1) is 11.8 Å². The van der Waals surface area contributed by atoms with Crippen molar-refractivity contribution in [3.8, 4) is 10.6 Å². The zero-order valence-corrected chi connectivity index (χ0v) is 16.1. The number of amides is 1. The number of rotatable bonds is 3. The number of carbonyl (C=O) groups excluding carboxylic acids is 1. The average molecular weight is 378 g/mol. The Kier molecular flexibility index (Phi) is 4.56. The zero-order chi connectivity index (χ0) is 17.6. The summed E-state index contributed by atoms with van der Waals surface area (Å²) in [5, 5.41) is 16.1. The number of piperidine rings is 1. The Labute approximate surface area is 155 Å². The number of thiazole rings is 1. The normalized spacial score (nSPS) is 21.2. The molecule has 1 atom stereocenters. The predicted octanol–water partition coefficient (Wildman–Crippen LogP) is 2.99. The lowest BCUT2D eigenvalue weighted by Gasteiger charge is -2.36. The van der Waals surface area contributed by atoms with Crippen LogP contribution in [0, 0.1) is 0 Å². The first kappa shape index (κ1) is 17.0. The van der Waals surface area contributed by atoms with Gasteiger partial charge in [0.25, 0.3) is 0 Å². The van der Waals surface area contributed by atoms with Crippen LogP contribution in [-0.2, 0) is 11.2 Å². The molecule has 4 rings (SSSR count). The molecule has 134 valence electrons. The van der Waals surface area contributed by atoms with Crippen LogP contribution in [-0.4, -0.2) is 52.2 Å². The van der Waals surface area contributed by atoms with Crippen molar-refractivity contribution in [2.75, 3.05) is 18.0 Å². The number of hydrogen-bond acceptors (Lipinski definition) is 6. The number of aliphatic hydroxyl groups excluding tert-OH is 1. The van der Waals surface area contributed by atoms with Crippen LogP contribution in [0.2, 0.25) is 0 Å². The first-order valence-electron chi connectivity index (χ1n) is 8.82. The molecule has 2 aromatic rings. The maximum Gasteiger partial charge on any atom is 0.245 e. The second-order valence-electron chi connectivity index (χ2n) is 7.06. The number of carbonyl (C=O) groups is 1. The Morgan fingerprint density at radius 2 is 2.12 bits per heavy atom. The molecule has 2 aromatic heterocycles. The molecule has 2 aliphatic rings. The fraction of sp³-hybridized carbons (Fsp3) is 0.556. The highest BCUT2D eigenvalue weighted by atomic mass is 32.1. The van der Waals surface area contributed by atoms with Crippen LogP contribution >= 0.6 is 22.7 Å². The van der Waals surface area contributed by atoms with E-state index in [1.54, 1.807) is 22.7 Å². The molecular formula is C18H23N3O2S2. The summed E-state index contributed by atoms with van der Waals surface area (Å²) in [6.45, 7) is 5.59. The Morgan fingerprint density at radius 1 is 1.36 bits per heavy atom. The van der Waals surface area contributed by atoms with Crippen LogP contribution in [0.4, 0.5) is 5.00 Å². The van der Waals surface area contributed by atoms with E-state index in [0.717, 1.165) is 15.7 Å². The number of aromatic nitrogens is 1. The summed E-state index contributed by atoms with van der Waals surface area (Å²) in [5.41, 5.74) is 2.22. The van der Waals surface area contributed by atoms with E-state index in [4.69, 9.17) is 4.98 Å². The van der Waals surface area contributed by atoms with Gasteiger partial charge in [-0.15, -0.1) is 0 Å². The van der Waals surface area contributed by atoms with E-state index in [1.807, 2.05) is 4.90 Å². The average Bonchev–Trinajstić information content (AvgIpc) is 3.29. The molecule has 4 heterocycles. The summed E-state index contributed by atoms with van der Waals surface area (Å²) in [5.74, 6) is 0.183. The molecule has 1 amide bonds. The molecular weight excluding hydrogens is 354 g/mol. The second-order valence-corrected chi connectivity index (χ2v) is 8.82. The summed E-state index contributed by atoms with van der Waals surface area (Å²) >= 11 is 3.37. The fourth-order valence-corrected chi connectivity index (χ4v) is 5.70. The largest absolute Gasteiger partial charge is 0.393 e. The summed E-state index contributed by atoms with van der Waals surface area (Å²) in [4.78, 5) is 22.1. The molecule has 1 saturated heterocycles. The standard InChI is InChI=1S/C18H23N3O2S2/c1-11(2)21-15(17(23)20-6-3-13(22)4-7-20)9-14-18(21)25-16(19-14)12-5-8-24-10-12/h5,8,10-11,13,15,22H,3-4,6-7,9H2,1-2H3. The van der Waals surface area contributed by atoms with Gasteiger partial charge >= 0.3 is 0 Å². The van der Waals surface area contributed by atoms with Crippen molar-refractivity contribution in [3.63, 3.8) is 0 Å². The highest BCUT2D eigenvalue weighted by Crippen LogP contribution is 2.43. The van der Waals surface area contributed by atoms with Gasteiger partial charge in [-0.2, -0.15) is 11.3 Å². The van der Waals surface area contributed by atoms with E-state index in [2.05, 4.69) is 35.6 Å². The fourth-order valence-electron chi connectivity index (χ4n) is 3.71. The molecule has 1 unspecified atom stereocenters. The van der Waals surface area contributed by atoms with Crippen molar-refractivity contribution in [1.82, 2.24) is 9.88 Å². The summed E-state index contributed by atoms with van der Waals surface area (Å²) < 4.78 is 0. The third kappa shape index (κ3) is 3.09. The maximum absolute atomic E-state index is 13.1. The lowest BCUT2D eigenvalue weighted by atomic mass is 10.1. The maximum atomic E-state index is 13.1. The monoisotopic (exact) mass is 377 g/mol. The summed E-state index contributed by atoms with van der Waals surface area (Å²) in [7, 11) is 0. The second kappa shape index (κ2) is 6.70. The van der Waals surface area contributed by atoms with Crippen molar-refractivity contribution < 1.29 is 9.90 Å². The summed E-state index contributed by atoms with van der Waals surface area (Å²) in [6.07, 6.45) is 1.79. The molecule has 25 heavy (non-hydrogen) atoms. The van der Waals surface area contributed by atoms with E-state index >= 15 is 0 Å². The van der Waals surface area contributed by atoms with Crippen LogP contribution < -0.4 is 4.90 Å². The van der Waals surface area contributed by atoms with Gasteiger partial charge in [-0.05, 0) is 38.1 Å². The molecule has 0 aromatic carbocycles. The van der Waals surface area contributed by atoms with E-state index < -0.39 is 0 Å². The number of nitrogens with zero attached hydrogens (tertiary/aromatic N) is 3. The van der Waals surface area contributed by atoms with Gasteiger partial charge in [0.15, 0.2) is 0 Å². The van der Waals surface area contributed by atoms with Crippen molar-refractivity contribution in [2.24, 2.45) is 0 Å². The van der Waals surface area contributed by atoms with Gasteiger partial charge < -0.3 is 14.9 Å². The van der Waals surface area contributed by atoms with Crippen LogP contribution in [0.1, 0.15) is 32.4 Å². The lowest BCUT2D eigenvalue weighted by Crippen LogP contribution is -2.52. The lowest BCUT2D eigenvalue weighted by molar-refractivity contribution is -0.134. The highest BCUT2D eigenvalue weighted by molar-refractivity contribution is 7.19. The molecule has 2 aliphatic heterocycles. The van der Waals surface area contributed by atoms with Crippen LogP contribution in [0.25, 0.3) is 10.6 Å². The molecule has 0 radical (unpaired) electrons. The molecule has 1 fully saturated rings. The van der Waals surface area contributed by atoms with Gasteiger partial charge in [0.1, 0.15) is 16.1 Å². The topological polar surface area (TPSA) is 56.7 Å². The van der Waals surface area contributed by atoms with E-state index in [9.17, 15) is 9.90 Å². The van der Waals surface area contributed by atoms with Gasteiger partial charge in [-0.25, -0.2) is 4.98 Å². The third-order valence-electron chi connectivity index (χ3n) is 5.02. The summed E-state index contributed by atoms with van der Waals surface area (Å²) in [6, 6.07) is 2.20. The Morgan fingerprint density at radius 3 is 2.76 bits per heavy atom. The van der Waals surface area contributed by atoms with Crippen LogP contribution in [0.5, 0.6) is 0 Å². The first-order valence-corrected chi connectivity index (χ1v) is 10.6. The Bertz CT molecular complexity index is 748. The molecule has 0 aliphatic carbocycles. The molecule has 5 nitrogen and oxygen atoms in total. The minimum Gasteiger partial charge on any atom is -0.393 e. The number of likely N-dealkylation sites (tertiary alicyclic amines) is 1. The number of aliphatic hydroxyl groups is 1. The molecule has 0 bridgehead atoms. The van der Waals surface area contributed by atoms with Crippen LogP contribution in [0.15, 0.2) is 16.8 Å². The Balaban J connectivity index is 1.58. The van der Waals surface area contributed by atoms with Crippen LogP contribution in [0.3, 0.4) is 0 Å². The van der Waals surface area contributed by atoms with E-state index in [-0.39, 0.29) is 24.1 Å². The molecule has 7 heteroatoms. The SMILES string of the molecule is CC(C)N1c2sc(-c3ccsc3)nc2CC1C(=O)N1CCC(O)CC1. The Hall–Kier alpha value is -1.44. The van der Waals surface area contributed by atoms with Gasteiger partial charge in [0.2, 0.25) is 5.91 Å². The minimum atomic E-state index is -0.259. The molecule has 0 spiro atoms.